The number of halogens is 1. The molecule has 0 unspecified atom stereocenters. The standard InChI is InChI=1S/C24H26ClN5O4S/c1-15(2)34-14-20(31)30-12-9-17(10-13-30)23-21(19-8-11-26-24(27-19)35(3,32)33)22(28-29-23)16-4-6-18(25)7-5-16/h4-8,11,17H,1,9-10,12-14H2,2-3H3,(H,28,29). The lowest BCUT2D eigenvalue weighted by molar-refractivity contribution is -0.135. The van der Waals surface area contributed by atoms with Crippen LogP contribution in [0.2, 0.25) is 5.02 Å². The van der Waals surface area contributed by atoms with E-state index >= 15 is 0 Å². The molecule has 3 heterocycles. The number of sulfone groups is 1. The van der Waals surface area contributed by atoms with Crippen LogP contribution in [0.15, 0.2) is 54.0 Å². The fraction of sp³-hybridized carbons (Fsp3) is 0.333. The number of nitrogens with one attached hydrogen (secondary N) is 1. The number of carbonyl (C=O) groups excluding carboxylic acids is 1. The lowest BCUT2D eigenvalue weighted by Crippen LogP contribution is -2.40. The number of hydrogen-bond acceptors (Lipinski definition) is 7. The van der Waals surface area contributed by atoms with Crippen molar-refractivity contribution in [1.82, 2.24) is 25.1 Å². The Hall–Kier alpha value is -3.24. The van der Waals surface area contributed by atoms with Crippen LogP contribution in [0.5, 0.6) is 0 Å². The van der Waals surface area contributed by atoms with Crippen LogP contribution in [-0.2, 0) is 19.4 Å². The third-order valence-electron chi connectivity index (χ3n) is 5.83. The van der Waals surface area contributed by atoms with Crippen molar-refractivity contribution in [3.63, 3.8) is 0 Å². The highest BCUT2D eigenvalue weighted by molar-refractivity contribution is 7.90. The predicted octanol–water partition coefficient (Wildman–Crippen LogP) is 3.85. The van der Waals surface area contributed by atoms with E-state index in [1.54, 1.807) is 30.0 Å². The number of aromatic nitrogens is 4. The molecule has 4 rings (SSSR count). The Labute approximate surface area is 209 Å². The SMILES string of the molecule is C=C(C)OCC(=O)N1CCC(c2[nH]nc(-c3ccc(Cl)cc3)c2-c2ccnc(S(C)(=O)=O)n2)CC1. The smallest absolute Gasteiger partial charge is 0.260 e. The lowest BCUT2D eigenvalue weighted by Gasteiger charge is -2.32. The molecule has 1 amide bonds. The third-order valence-corrected chi connectivity index (χ3v) is 6.94. The minimum absolute atomic E-state index is 0.0226. The summed E-state index contributed by atoms with van der Waals surface area (Å²) >= 11 is 6.07. The second kappa shape index (κ2) is 10.2. The van der Waals surface area contributed by atoms with Crippen LogP contribution in [0.25, 0.3) is 22.5 Å². The van der Waals surface area contributed by atoms with Gasteiger partial charge in [-0.1, -0.05) is 30.3 Å². The molecule has 0 bridgehead atoms. The number of benzene rings is 1. The maximum absolute atomic E-state index is 12.4. The number of carbonyl (C=O) groups is 1. The van der Waals surface area contributed by atoms with E-state index in [9.17, 15) is 13.2 Å². The molecule has 184 valence electrons. The highest BCUT2D eigenvalue weighted by Gasteiger charge is 2.30. The van der Waals surface area contributed by atoms with Gasteiger partial charge >= 0.3 is 0 Å². The number of H-pyrrole nitrogens is 1. The summed E-state index contributed by atoms with van der Waals surface area (Å²) in [5, 5.41) is 8.09. The first-order chi connectivity index (χ1) is 16.6. The number of aromatic amines is 1. The van der Waals surface area contributed by atoms with E-state index in [-0.39, 0.29) is 23.6 Å². The quantitative estimate of drug-likeness (QED) is 0.375. The minimum Gasteiger partial charge on any atom is -0.489 e. The highest BCUT2D eigenvalue weighted by atomic mass is 35.5. The van der Waals surface area contributed by atoms with Gasteiger partial charge in [0.1, 0.15) is 5.69 Å². The summed E-state index contributed by atoms with van der Waals surface area (Å²) < 4.78 is 29.5. The number of rotatable bonds is 7. The average molecular weight is 516 g/mol. The van der Waals surface area contributed by atoms with Crippen molar-refractivity contribution in [1.29, 1.82) is 0 Å². The molecule has 0 saturated carbocycles. The molecule has 11 heteroatoms. The number of amides is 1. The summed E-state index contributed by atoms with van der Waals surface area (Å²) in [6.45, 7) is 6.47. The topological polar surface area (TPSA) is 118 Å². The number of likely N-dealkylation sites (tertiary alicyclic amines) is 1. The zero-order valence-electron chi connectivity index (χ0n) is 19.5. The van der Waals surface area contributed by atoms with Gasteiger partial charge in [-0.3, -0.25) is 9.89 Å². The third kappa shape index (κ3) is 5.71. The predicted molar refractivity (Wildman–Crippen MR) is 132 cm³/mol. The molecule has 3 aromatic rings. The monoisotopic (exact) mass is 515 g/mol. The van der Waals surface area contributed by atoms with Crippen LogP contribution in [-0.4, -0.2) is 65.3 Å². The molecule has 0 spiro atoms. The molecule has 1 aliphatic heterocycles. The summed E-state index contributed by atoms with van der Waals surface area (Å²) in [4.78, 5) is 22.5. The average Bonchev–Trinajstić information content (AvgIpc) is 3.28. The van der Waals surface area contributed by atoms with Gasteiger partial charge in [0.25, 0.3) is 5.91 Å². The Balaban J connectivity index is 1.68. The van der Waals surface area contributed by atoms with E-state index in [2.05, 4.69) is 26.7 Å². The Morgan fingerprint density at radius 3 is 2.54 bits per heavy atom. The largest absolute Gasteiger partial charge is 0.489 e. The van der Waals surface area contributed by atoms with Gasteiger partial charge in [-0.15, -0.1) is 0 Å². The maximum Gasteiger partial charge on any atom is 0.260 e. The first kappa shape index (κ1) is 24.9. The van der Waals surface area contributed by atoms with Gasteiger partial charge in [0, 0.05) is 53.3 Å². The highest BCUT2D eigenvalue weighted by Crippen LogP contribution is 2.39. The van der Waals surface area contributed by atoms with Gasteiger partial charge in [0.15, 0.2) is 6.61 Å². The van der Waals surface area contributed by atoms with Crippen molar-refractivity contribution in [3.8, 4) is 22.5 Å². The summed E-state index contributed by atoms with van der Waals surface area (Å²) in [6.07, 6.45) is 3.92. The van der Waals surface area contributed by atoms with Crippen LogP contribution >= 0.6 is 11.6 Å². The van der Waals surface area contributed by atoms with Gasteiger partial charge in [0.2, 0.25) is 15.0 Å². The number of nitrogens with zero attached hydrogens (tertiary/aromatic N) is 4. The summed E-state index contributed by atoms with van der Waals surface area (Å²) in [5.41, 5.74) is 3.48. The number of ether oxygens (including phenoxy) is 1. The molecule has 0 radical (unpaired) electrons. The fourth-order valence-electron chi connectivity index (χ4n) is 4.08. The van der Waals surface area contributed by atoms with E-state index in [0.717, 1.165) is 23.1 Å². The molecule has 1 fully saturated rings. The Morgan fingerprint density at radius 1 is 1.23 bits per heavy atom. The van der Waals surface area contributed by atoms with Crippen molar-refractivity contribution in [3.05, 3.63) is 59.6 Å². The zero-order chi connectivity index (χ0) is 25.2. The first-order valence-electron chi connectivity index (χ1n) is 11.1. The normalized spacial score (nSPS) is 14.7. The Morgan fingerprint density at radius 2 is 1.91 bits per heavy atom. The molecule has 2 aromatic heterocycles. The molecular weight excluding hydrogens is 490 g/mol. The van der Waals surface area contributed by atoms with Crippen LogP contribution in [0, 0.1) is 0 Å². The van der Waals surface area contributed by atoms with Gasteiger partial charge < -0.3 is 9.64 Å². The second-order valence-electron chi connectivity index (χ2n) is 8.51. The van der Waals surface area contributed by atoms with Crippen LogP contribution in [0.1, 0.15) is 31.4 Å². The Bertz CT molecular complexity index is 1350. The molecule has 0 atom stereocenters. The Kier molecular flexibility index (Phi) is 7.23. The van der Waals surface area contributed by atoms with Gasteiger partial charge in [-0.25, -0.2) is 18.4 Å². The van der Waals surface area contributed by atoms with Crippen molar-refractivity contribution in [2.75, 3.05) is 26.0 Å². The molecule has 9 nitrogen and oxygen atoms in total. The molecular formula is C24H26ClN5O4S. The number of allylic oxidation sites excluding steroid dienone is 1. The van der Waals surface area contributed by atoms with Gasteiger partial charge in [-0.05, 0) is 38.0 Å². The van der Waals surface area contributed by atoms with Gasteiger partial charge in [0.05, 0.1) is 11.5 Å². The maximum atomic E-state index is 12.4. The van der Waals surface area contributed by atoms with E-state index in [4.69, 9.17) is 16.3 Å². The van der Waals surface area contributed by atoms with Crippen molar-refractivity contribution >= 4 is 27.3 Å². The van der Waals surface area contributed by atoms with E-state index < -0.39 is 9.84 Å². The number of piperidine rings is 1. The van der Waals surface area contributed by atoms with E-state index in [0.29, 0.717) is 48.1 Å². The summed E-state index contributed by atoms with van der Waals surface area (Å²) in [5.74, 6) is 0.497. The minimum atomic E-state index is -3.60. The van der Waals surface area contributed by atoms with Crippen molar-refractivity contribution in [2.45, 2.75) is 30.8 Å². The summed E-state index contributed by atoms with van der Waals surface area (Å²) in [7, 11) is -3.60. The second-order valence-corrected chi connectivity index (χ2v) is 10.9. The van der Waals surface area contributed by atoms with Crippen LogP contribution in [0.4, 0.5) is 0 Å². The molecule has 1 aliphatic rings. The molecule has 1 N–H and O–H groups in total. The van der Waals surface area contributed by atoms with Crippen molar-refractivity contribution < 1.29 is 17.9 Å². The van der Waals surface area contributed by atoms with E-state index in [1.807, 2.05) is 12.1 Å². The molecule has 1 aromatic carbocycles. The molecule has 1 saturated heterocycles. The van der Waals surface area contributed by atoms with Crippen LogP contribution in [0.3, 0.4) is 0 Å². The fourth-order valence-corrected chi connectivity index (χ4v) is 4.72. The lowest BCUT2D eigenvalue weighted by atomic mass is 9.89. The summed E-state index contributed by atoms with van der Waals surface area (Å²) in [6, 6.07) is 8.93. The molecule has 35 heavy (non-hydrogen) atoms. The zero-order valence-corrected chi connectivity index (χ0v) is 21.1. The van der Waals surface area contributed by atoms with E-state index in [1.165, 1.54) is 6.20 Å². The van der Waals surface area contributed by atoms with Crippen molar-refractivity contribution in [2.24, 2.45) is 0 Å². The van der Waals surface area contributed by atoms with Crippen LogP contribution < -0.4 is 0 Å². The number of hydrogen-bond donors (Lipinski definition) is 1. The van der Waals surface area contributed by atoms with Gasteiger partial charge in [-0.2, -0.15) is 5.10 Å². The molecule has 0 aliphatic carbocycles. The first-order valence-corrected chi connectivity index (χ1v) is 13.3.